The Morgan fingerprint density at radius 1 is 0.237 bits per heavy atom. The fraction of sp³-hybridized carbons (Fsp3) is 0.106. The minimum Gasteiger partial charge on any atom is -0.497 e. The van der Waals surface area contributed by atoms with Crippen LogP contribution in [-0.2, 0) is 20.4 Å². The molecule has 0 aromatic heterocycles. The summed E-state index contributed by atoms with van der Waals surface area (Å²) >= 11 is 0. The first-order valence-electron chi connectivity index (χ1n) is 36.8. The van der Waals surface area contributed by atoms with E-state index in [0.717, 1.165) is 53.4 Å². The number of imide groups is 4. The molecule has 0 spiro atoms. The lowest BCUT2D eigenvalue weighted by Crippen LogP contribution is -2.29. The van der Waals surface area contributed by atoms with E-state index in [2.05, 4.69) is 27.7 Å². The van der Waals surface area contributed by atoms with Gasteiger partial charge in [-0.1, -0.05) is 113 Å². The summed E-state index contributed by atoms with van der Waals surface area (Å²) in [6.45, 7) is 10.9. The summed E-state index contributed by atoms with van der Waals surface area (Å²) in [5.74, 6) is -2.74. The van der Waals surface area contributed by atoms with E-state index in [4.69, 9.17) is 37.9 Å². The van der Waals surface area contributed by atoms with Crippen molar-refractivity contribution >= 4 is 94.3 Å². The van der Waals surface area contributed by atoms with Crippen molar-refractivity contribution in [2.45, 2.75) is 52.4 Å². The first-order valence-corrected chi connectivity index (χ1v) is 36.8. The van der Waals surface area contributed by atoms with Crippen LogP contribution in [0.5, 0.6) is 46.0 Å². The van der Waals surface area contributed by atoms with Gasteiger partial charge in [-0.3, -0.25) is 47.9 Å². The lowest BCUT2D eigenvalue weighted by Gasteiger charge is -2.26. The SMILES string of the molecule is COc1ccc(C(C)(C)c2ccc(OC(=O)Oc3ccc(N4C(=O)c5ccc(-c6ccc7c(c6)C(=O)N(c6ccc(OC(C)=O)cc6)C7=O)cc5C4=O)cc3)cc2)cc1.COc1ccc(C(C)(C)c2ccc(OC(=O)Oc3cccc(N4C(=O)c5ccc(-c6ccc7c(c6)C(=O)N(c6cccc(OC(C)=O)c6)C7=O)cc5C4=O)c3)cc2)cc1. The predicted molar refractivity (Wildman–Crippen MR) is 433 cm³/mol. The van der Waals surface area contributed by atoms with E-state index in [0.29, 0.717) is 27.9 Å². The lowest BCUT2D eigenvalue weighted by molar-refractivity contribution is -0.132. The average molecular weight is 1570 g/mol. The van der Waals surface area contributed by atoms with Gasteiger partial charge in [0.05, 0.1) is 81.5 Å². The monoisotopic (exact) mass is 1570 g/mol. The molecule has 4 aliphatic heterocycles. The summed E-state index contributed by atoms with van der Waals surface area (Å²) in [6, 6.07) is 72.9. The number of hydrogen-bond donors (Lipinski definition) is 0. The van der Waals surface area contributed by atoms with Crippen LogP contribution < -0.4 is 57.5 Å². The molecule has 4 heterocycles. The van der Waals surface area contributed by atoms with Crippen molar-refractivity contribution in [3.05, 3.63) is 334 Å². The number of fused-ring (bicyclic) bond motifs is 4. The molecule has 0 N–H and O–H groups in total. The summed E-state index contributed by atoms with van der Waals surface area (Å²) in [4.78, 5) is 160. The Hall–Kier alpha value is -15.7. The van der Waals surface area contributed by atoms with Gasteiger partial charge in [-0.05, 0) is 214 Å². The molecule has 12 aromatic carbocycles. The third-order valence-corrected chi connectivity index (χ3v) is 20.7. The molecule has 24 heteroatoms. The Kier molecular flexibility index (Phi) is 20.6. The van der Waals surface area contributed by atoms with Gasteiger partial charge in [0.1, 0.15) is 46.0 Å². The summed E-state index contributed by atoms with van der Waals surface area (Å²) in [5, 5.41) is 0. The van der Waals surface area contributed by atoms with Gasteiger partial charge in [-0.25, -0.2) is 29.2 Å². The number of anilines is 4. The number of hydrogen-bond acceptors (Lipinski definition) is 20. The minimum atomic E-state index is -1.01. The van der Waals surface area contributed by atoms with Crippen LogP contribution in [0.25, 0.3) is 22.3 Å². The number of nitrogens with zero attached hydrogens (tertiary/aromatic N) is 4. The maximum Gasteiger partial charge on any atom is 0.519 e. The average Bonchev–Trinajstić information content (AvgIpc) is 1.37. The Morgan fingerprint density at radius 3 is 0.746 bits per heavy atom. The van der Waals surface area contributed by atoms with Gasteiger partial charge in [0.2, 0.25) is 0 Å². The molecule has 118 heavy (non-hydrogen) atoms. The van der Waals surface area contributed by atoms with Gasteiger partial charge in [0.15, 0.2) is 0 Å². The second-order valence-corrected chi connectivity index (χ2v) is 28.7. The number of esters is 2. The highest BCUT2D eigenvalue weighted by molar-refractivity contribution is 6.37. The molecule has 0 radical (unpaired) electrons. The van der Waals surface area contributed by atoms with Crippen molar-refractivity contribution in [3.8, 4) is 68.2 Å². The first-order chi connectivity index (χ1) is 56.6. The molecular formula is C94H68N4O20. The number of carbonyl (C=O) groups excluding carboxylic acids is 12. The summed E-state index contributed by atoms with van der Waals surface area (Å²) < 4.78 is 42.4. The highest BCUT2D eigenvalue weighted by atomic mass is 16.7. The van der Waals surface area contributed by atoms with E-state index in [1.807, 2.05) is 72.8 Å². The van der Waals surface area contributed by atoms with Crippen LogP contribution in [0, 0.1) is 0 Å². The topological polar surface area (TPSA) is 292 Å². The number of amides is 8. The van der Waals surface area contributed by atoms with Gasteiger partial charge in [0.25, 0.3) is 47.3 Å². The van der Waals surface area contributed by atoms with Crippen LogP contribution in [0.15, 0.2) is 267 Å². The van der Waals surface area contributed by atoms with Crippen LogP contribution in [-0.4, -0.2) is 85.7 Å². The molecule has 0 unspecified atom stereocenters. The van der Waals surface area contributed by atoms with Gasteiger partial charge < -0.3 is 37.9 Å². The van der Waals surface area contributed by atoms with Crippen LogP contribution in [0.4, 0.5) is 32.3 Å². The maximum atomic E-state index is 13.8. The van der Waals surface area contributed by atoms with Crippen molar-refractivity contribution in [3.63, 3.8) is 0 Å². The third-order valence-electron chi connectivity index (χ3n) is 20.7. The highest BCUT2D eigenvalue weighted by Gasteiger charge is 2.42. The molecule has 0 atom stereocenters. The maximum absolute atomic E-state index is 13.8. The van der Waals surface area contributed by atoms with E-state index in [9.17, 15) is 57.5 Å². The zero-order valence-electron chi connectivity index (χ0n) is 64.4. The predicted octanol–water partition coefficient (Wildman–Crippen LogP) is 17.6. The first kappa shape index (κ1) is 77.6. The van der Waals surface area contributed by atoms with Gasteiger partial charge in [0, 0.05) is 36.8 Å². The molecule has 0 saturated carbocycles. The molecule has 8 amide bonds. The quantitative estimate of drug-likeness (QED) is 0.0334. The smallest absolute Gasteiger partial charge is 0.497 e. The van der Waals surface area contributed by atoms with Crippen LogP contribution >= 0.6 is 0 Å². The Morgan fingerprint density at radius 2 is 0.466 bits per heavy atom. The van der Waals surface area contributed by atoms with E-state index in [1.165, 1.54) is 98.8 Å². The van der Waals surface area contributed by atoms with E-state index >= 15 is 0 Å². The third kappa shape index (κ3) is 15.0. The van der Waals surface area contributed by atoms with E-state index in [1.54, 1.807) is 123 Å². The number of rotatable bonds is 18. The number of ether oxygens (including phenoxy) is 8. The van der Waals surface area contributed by atoms with Crippen molar-refractivity contribution in [2.75, 3.05) is 33.8 Å². The van der Waals surface area contributed by atoms with E-state index < -0.39 is 71.5 Å². The normalized spacial score (nSPS) is 13.3. The number of carbonyl (C=O) groups is 12. The summed E-state index contributed by atoms with van der Waals surface area (Å²) in [5.41, 5.74) is 8.02. The molecule has 16 rings (SSSR count). The Bertz CT molecular complexity index is 6190. The van der Waals surface area contributed by atoms with Crippen molar-refractivity contribution < 1.29 is 95.4 Å². The molecule has 12 aromatic rings. The standard InChI is InChI=1S/2C47H34N2O10/c1-27(50)57-35-19-11-32(12-20-35)48-42(51)38-23-5-28(25-40(38)44(48)53)29-6-24-39-41(26-29)45(54)49(43(39)52)33-13-21-37(22-14-33)59-46(55)58-36-17-9-31(10-18-36)47(2,3)30-7-15-34(56-4)16-8-30;1-27(50)57-36-9-5-7-32(25-36)48-42(51)38-21-11-28(23-40(38)44(48)53)29-12-22-39-41(24-29)45(54)49(43(39)52)33-8-6-10-37(26-33)59-46(55)58-35-19-15-31(16-20-35)47(2,3)30-13-17-34(56-4)18-14-30/h2*5-26H,1-4H3. The van der Waals surface area contributed by atoms with Gasteiger partial charge in [-0.15, -0.1) is 0 Å². The second-order valence-electron chi connectivity index (χ2n) is 28.7. The molecular weight excluding hydrogens is 1510 g/mol. The van der Waals surface area contributed by atoms with Gasteiger partial charge >= 0.3 is 24.2 Å². The Labute approximate surface area is 674 Å². The van der Waals surface area contributed by atoms with Crippen LogP contribution in [0.2, 0.25) is 0 Å². The zero-order chi connectivity index (χ0) is 83.2. The van der Waals surface area contributed by atoms with Crippen molar-refractivity contribution in [2.24, 2.45) is 0 Å². The lowest BCUT2D eigenvalue weighted by atomic mass is 9.78. The molecule has 24 nitrogen and oxygen atoms in total. The van der Waals surface area contributed by atoms with Crippen molar-refractivity contribution in [1.82, 2.24) is 0 Å². The highest BCUT2D eigenvalue weighted by Crippen LogP contribution is 2.42. The second kappa shape index (κ2) is 31.3. The number of benzene rings is 12. The molecule has 0 aliphatic carbocycles. The molecule has 4 aliphatic rings. The molecule has 584 valence electrons. The molecule has 0 fully saturated rings. The molecule has 0 saturated heterocycles. The summed E-state index contributed by atoms with van der Waals surface area (Å²) in [6.07, 6.45) is -1.97. The van der Waals surface area contributed by atoms with Crippen LogP contribution in [0.1, 0.15) is 147 Å². The molecule has 0 bridgehead atoms. The minimum absolute atomic E-state index is 0.0477. The zero-order valence-corrected chi connectivity index (χ0v) is 64.4. The van der Waals surface area contributed by atoms with Crippen LogP contribution in [0.3, 0.4) is 0 Å². The fourth-order valence-corrected chi connectivity index (χ4v) is 14.3. The Balaban J connectivity index is 0.000000185. The fourth-order valence-electron chi connectivity index (χ4n) is 14.3. The van der Waals surface area contributed by atoms with Crippen molar-refractivity contribution in [1.29, 1.82) is 0 Å². The summed E-state index contributed by atoms with van der Waals surface area (Å²) in [7, 11) is 3.24. The largest absolute Gasteiger partial charge is 0.519 e. The van der Waals surface area contributed by atoms with Gasteiger partial charge in [-0.2, -0.15) is 0 Å². The van der Waals surface area contributed by atoms with E-state index in [-0.39, 0.29) is 107 Å². The number of methoxy groups -OCH3 is 2.